The molecule has 0 unspecified atom stereocenters. The van der Waals surface area contributed by atoms with Gasteiger partial charge >= 0.3 is 0 Å². The van der Waals surface area contributed by atoms with Crippen LogP contribution in [0.15, 0.2) is 42.7 Å². The average Bonchev–Trinajstić information content (AvgIpc) is 2.62. The smallest absolute Gasteiger partial charge is 0.0470 e. The molecule has 0 amide bonds. The zero-order chi connectivity index (χ0) is 9.26. The molecule has 1 aromatic carbocycles. The van der Waals surface area contributed by atoms with Gasteiger partial charge in [-0.05, 0) is 36.8 Å². The zero-order valence-corrected chi connectivity index (χ0v) is 7.57. The molecule has 1 aromatic heterocycles. The zero-order valence-electron chi connectivity index (χ0n) is 7.57. The molecule has 0 radical (unpaired) electrons. The lowest BCUT2D eigenvalue weighted by molar-refractivity contribution is 1.08. The maximum Gasteiger partial charge on any atom is 0.0470 e. The summed E-state index contributed by atoms with van der Waals surface area (Å²) in [6.45, 7) is 2.01. The predicted octanol–water partition coefficient (Wildman–Crippen LogP) is 2.37. The number of hydrogen-bond acceptors (Lipinski definition) is 1. The van der Waals surface area contributed by atoms with Crippen LogP contribution in [0.5, 0.6) is 0 Å². The van der Waals surface area contributed by atoms with Gasteiger partial charge in [0.2, 0.25) is 0 Å². The second-order valence-corrected chi connectivity index (χ2v) is 3.13. The molecule has 0 saturated heterocycles. The van der Waals surface area contributed by atoms with Gasteiger partial charge in [0.25, 0.3) is 0 Å². The average molecular weight is 172 g/mol. The van der Waals surface area contributed by atoms with Crippen molar-refractivity contribution in [3.63, 3.8) is 0 Å². The molecule has 0 aliphatic heterocycles. The van der Waals surface area contributed by atoms with E-state index in [-0.39, 0.29) is 0 Å². The fraction of sp³-hybridized carbons (Fsp3) is 0.0909. The van der Waals surface area contributed by atoms with Gasteiger partial charge in [-0.15, -0.1) is 0 Å². The number of hydrogen-bond donors (Lipinski definition) is 1. The third-order valence-electron chi connectivity index (χ3n) is 2.17. The largest absolute Gasteiger partial charge is 0.398 e. The van der Waals surface area contributed by atoms with Crippen LogP contribution in [0.25, 0.3) is 5.69 Å². The molecule has 0 spiro atoms. The molecule has 0 bridgehead atoms. The van der Waals surface area contributed by atoms with Crippen LogP contribution in [0.1, 0.15) is 5.56 Å². The van der Waals surface area contributed by atoms with E-state index in [9.17, 15) is 0 Å². The van der Waals surface area contributed by atoms with Gasteiger partial charge in [0.1, 0.15) is 0 Å². The molecule has 0 fully saturated rings. The molecule has 0 atom stereocenters. The van der Waals surface area contributed by atoms with E-state index >= 15 is 0 Å². The van der Waals surface area contributed by atoms with Gasteiger partial charge in [-0.25, -0.2) is 0 Å². The van der Waals surface area contributed by atoms with Gasteiger partial charge < -0.3 is 10.3 Å². The highest BCUT2D eigenvalue weighted by Gasteiger charge is 1.97. The fourth-order valence-electron chi connectivity index (χ4n) is 1.30. The molecule has 0 aliphatic rings. The number of nitrogens with zero attached hydrogens (tertiary/aromatic N) is 1. The first-order chi connectivity index (χ1) is 6.27. The number of anilines is 1. The minimum Gasteiger partial charge on any atom is -0.398 e. The van der Waals surface area contributed by atoms with Crippen molar-refractivity contribution in [2.75, 3.05) is 5.73 Å². The second kappa shape index (κ2) is 2.98. The van der Waals surface area contributed by atoms with Crippen molar-refractivity contribution in [2.45, 2.75) is 6.92 Å². The van der Waals surface area contributed by atoms with E-state index in [2.05, 4.69) is 6.07 Å². The van der Waals surface area contributed by atoms with Gasteiger partial charge in [-0.3, -0.25) is 0 Å². The molecule has 66 valence electrons. The first-order valence-corrected chi connectivity index (χ1v) is 4.27. The summed E-state index contributed by atoms with van der Waals surface area (Å²) in [6, 6.07) is 10.1. The van der Waals surface area contributed by atoms with Crippen molar-refractivity contribution in [1.29, 1.82) is 0 Å². The summed E-state index contributed by atoms with van der Waals surface area (Å²) in [5, 5.41) is 0. The quantitative estimate of drug-likeness (QED) is 0.658. The Morgan fingerprint density at radius 1 is 1.15 bits per heavy atom. The lowest BCUT2D eigenvalue weighted by Gasteiger charge is -2.05. The maximum absolute atomic E-state index is 5.81. The van der Waals surface area contributed by atoms with E-state index in [1.54, 1.807) is 0 Å². The van der Waals surface area contributed by atoms with Crippen LogP contribution in [0.3, 0.4) is 0 Å². The third kappa shape index (κ3) is 1.43. The first kappa shape index (κ1) is 7.92. The number of benzene rings is 1. The van der Waals surface area contributed by atoms with Gasteiger partial charge in [0.15, 0.2) is 0 Å². The Balaban J connectivity index is 2.49. The summed E-state index contributed by atoms with van der Waals surface area (Å²) in [4.78, 5) is 0. The van der Waals surface area contributed by atoms with Crippen molar-refractivity contribution in [3.8, 4) is 5.69 Å². The van der Waals surface area contributed by atoms with Crippen molar-refractivity contribution >= 4 is 5.69 Å². The Morgan fingerprint density at radius 2 is 1.85 bits per heavy atom. The van der Waals surface area contributed by atoms with Gasteiger partial charge in [-0.2, -0.15) is 0 Å². The molecule has 2 nitrogen and oxygen atoms in total. The number of aromatic nitrogens is 1. The fourth-order valence-corrected chi connectivity index (χ4v) is 1.30. The van der Waals surface area contributed by atoms with Crippen LogP contribution < -0.4 is 5.73 Å². The second-order valence-electron chi connectivity index (χ2n) is 3.13. The summed E-state index contributed by atoms with van der Waals surface area (Å²) < 4.78 is 2.04. The minimum absolute atomic E-state index is 0.839. The molecule has 2 rings (SSSR count). The van der Waals surface area contributed by atoms with Crippen LogP contribution >= 0.6 is 0 Å². The van der Waals surface area contributed by atoms with E-state index in [0.717, 1.165) is 16.9 Å². The van der Waals surface area contributed by atoms with Crippen molar-refractivity contribution in [3.05, 3.63) is 48.3 Å². The highest BCUT2D eigenvalue weighted by molar-refractivity contribution is 5.53. The van der Waals surface area contributed by atoms with E-state index in [1.165, 1.54) is 0 Å². The van der Waals surface area contributed by atoms with Gasteiger partial charge in [0.05, 0.1) is 0 Å². The molecule has 2 N–H and O–H groups in total. The van der Waals surface area contributed by atoms with Crippen LogP contribution in [0.2, 0.25) is 0 Å². The summed E-state index contributed by atoms with van der Waals surface area (Å²) in [7, 11) is 0. The highest BCUT2D eigenvalue weighted by atomic mass is 14.9. The molecule has 13 heavy (non-hydrogen) atoms. The van der Waals surface area contributed by atoms with Crippen molar-refractivity contribution in [2.24, 2.45) is 0 Å². The lowest BCUT2D eigenvalue weighted by Crippen LogP contribution is -1.94. The third-order valence-corrected chi connectivity index (χ3v) is 2.17. The predicted molar refractivity (Wildman–Crippen MR) is 54.9 cm³/mol. The Hall–Kier alpha value is -1.70. The van der Waals surface area contributed by atoms with Gasteiger partial charge in [0, 0.05) is 23.8 Å². The lowest BCUT2D eigenvalue weighted by atomic mass is 10.2. The van der Waals surface area contributed by atoms with Crippen LogP contribution in [0, 0.1) is 6.92 Å². The molecular weight excluding hydrogens is 160 g/mol. The van der Waals surface area contributed by atoms with Crippen molar-refractivity contribution in [1.82, 2.24) is 4.57 Å². The summed E-state index contributed by atoms with van der Waals surface area (Å²) in [6.07, 6.45) is 4.01. The highest BCUT2D eigenvalue weighted by Crippen LogP contribution is 2.16. The minimum atomic E-state index is 0.839. The van der Waals surface area contributed by atoms with Crippen LogP contribution in [0.4, 0.5) is 5.69 Å². The monoisotopic (exact) mass is 172 g/mol. The summed E-state index contributed by atoms with van der Waals surface area (Å²) in [5.41, 5.74) is 8.88. The molecule has 2 heteroatoms. The summed E-state index contributed by atoms with van der Waals surface area (Å²) in [5.74, 6) is 0. The van der Waals surface area contributed by atoms with E-state index < -0.39 is 0 Å². The number of aryl methyl sites for hydroxylation is 1. The maximum atomic E-state index is 5.81. The normalized spacial score (nSPS) is 10.2. The SMILES string of the molecule is Cc1ccc(-n2cccc2)cc1N. The topological polar surface area (TPSA) is 30.9 Å². The van der Waals surface area contributed by atoms with Crippen LogP contribution in [-0.4, -0.2) is 4.57 Å². The Labute approximate surface area is 77.6 Å². The molecule has 0 saturated carbocycles. The molecular formula is C11H12N2. The van der Waals surface area contributed by atoms with E-state index in [1.807, 2.05) is 48.1 Å². The van der Waals surface area contributed by atoms with Crippen LogP contribution in [-0.2, 0) is 0 Å². The number of nitrogens with two attached hydrogens (primary N) is 1. The Kier molecular flexibility index (Phi) is 1.81. The Bertz CT molecular complexity index is 402. The van der Waals surface area contributed by atoms with Crippen molar-refractivity contribution < 1.29 is 0 Å². The number of nitrogen functional groups attached to an aromatic ring is 1. The number of rotatable bonds is 1. The van der Waals surface area contributed by atoms with E-state index in [0.29, 0.717) is 0 Å². The van der Waals surface area contributed by atoms with E-state index in [4.69, 9.17) is 5.73 Å². The summed E-state index contributed by atoms with van der Waals surface area (Å²) >= 11 is 0. The first-order valence-electron chi connectivity index (χ1n) is 4.27. The van der Waals surface area contributed by atoms with Gasteiger partial charge in [-0.1, -0.05) is 6.07 Å². The standard InChI is InChI=1S/C11H12N2/c1-9-4-5-10(8-11(9)12)13-6-2-3-7-13/h2-8H,12H2,1H3. The molecule has 2 aromatic rings. The molecule has 1 heterocycles. The molecule has 0 aliphatic carbocycles. The Morgan fingerprint density at radius 3 is 2.46 bits per heavy atom.